The van der Waals surface area contributed by atoms with Crippen molar-refractivity contribution < 1.29 is 8.78 Å². The maximum Gasteiger partial charge on any atom is 0.162 e. The van der Waals surface area contributed by atoms with Gasteiger partial charge in [-0.2, -0.15) is 0 Å². The van der Waals surface area contributed by atoms with Crippen LogP contribution in [0.5, 0.6) is 0 Å². The van der Waals surface area contributed by atoms with E-state index in [0.717, 1.165) is 31.5 Å². The maximum atomic E-state index is 13.7. The summed E-state index contributed by atoms with van der Waals surface area (Å²) in [5.74, 6) is -0.568. The van der Waals surface area contributed by atoms with Crippen molar-refractivity contribution in [3.63, 3.8) is 0 Å². The van der Waals surface area contributed by atoms with E-state index in [1.54, 1.807) is 6.07 Å². The Bertz CT molecular complexity index is 403. The van der Waals surface area contributed by atoms with E-state index < -0.39 is 11.6 Å². The second-order valence-electron chi connectivity index (χ2n) is 4.60. The predicted octanol–water partition coefficient (Wildman–Crippen LogP) is 2.21. The summed E-state index contributed by atoms with van der Waals surface area (Å²) in [4.78, 5) is 0. The van der Waals surface area contributed by atoms with Crippen LogP contribution in [0, 0.1) is 17.6 Å². The molecular weight excluding hydrogens is 196 g/mol. The molecule has 0 saturated carbocycles. The third kappa shape index (κ3) is 1.37. The Morgan fingerprint density at radius 1 is 1.20 bits per heavy atom. The number of nitrogens with one attached hydrogen (secondary N) is 1. The zero-order chi connectivity index (χ0) is 10.4. The molecule has 1 aromatic carbocycles. The van der Waals surface area contributed by atoms with Crippen LogP contribution in [0.25, 0.3) is 0 Å². The van der Waals surface area contributed by atoms with Crippen molar-refractivity contribution in [2.75, 3.05) is 13.1 Å². The molecule has 0 aromatic heterocycles. The minimum absolute atomic E-state index is 0.170. The number of benzene rings is 1. The zero-order valence-corrected chi connectivity index (χ0v) is 8.39. The number of hydrogen-bond acceptors (Lipinski definition) is 1. The number of halogens is 2. The fraction of sp³-hybridized carbons (Fsp3) is 0.500. The molecule has 80 valence electrons. The second-order valence-corrected chi connectivity index (χ2v) is 4.60. The molecule has 1 saturated heterocycles. The lowest BCUT2D eigenvalue weighted by Crippen LogP contribution is -2.40. The Morgan fingerprint density at radius 3 is 2.93 bits per heavy atom. The first-order valence-electron chi connectivity index (χ1n) is 5.43. The molecule has 3 heteroatoms. The average molecular weight is 209 g/mol. The number of hydrogen-bond donors (Lipinski definition) is 1. The van der Waals surface area contributed by atoms with Crippen molar-refractivity contribution in [2.45, 2.75) is 18.8 Å². The molecule has 0 amide bonds. The highest BCUT2D eigenvalue weighted by Crippen LogP contribution is 2.38. The molecule has 1 aliphatic heterocycles. The summed E-state index contributed by atoms with van der Waals surface area (Å²) in [6.07, 6.45) is 1.89. The zero-order valence-electron chi connectivity index (χ0n) is 8.39. The summed E-state index contributed by atoms with van der Waals surface area (Å²) < 4.78 is 26.8. The summed E-state index contributed by atoms with van der Waals surface area (Å²) in [6.45, 7) is 1.79. The molecular formula is C12H13F2N. The highest BCUT2D eigenvalue weighted by molar-refractivity contribution is 5.36. The van der Waals surface area contributed by atoms with Crippen LogP contribution in [0.15, 0.2) is 12.1 Å². The lowest BCUT2D eigenvalue weighted by molar-refractivity contribution is 0.307. The largest absolute Gasteiger partial charge is 0.316 e. The summed E-state index contributed by atoms with van der Waals surface area (Å²) in [5, 5.41) is 3.29. The molecule has 1 aromatic rings. The molecule has 2 atom stereocenters. The van der Waals surface area contributed by atoms with Crippen molar-refractivity contribution in [3.8, 4) is 0 Å². The standard InChI is InChI=1S/C12H13F2N/c13-10-2-1-8-3-7-4-9(6-15-5-7)11(8)12(10)14/h1-2,7,9,15H,3-6H2. The van der Waals surface area contributed by atoms with E-state index in [1.165, 1.54) is 6.07 Å². The van der Waals surface area contributed by atoms with Crippen LogP contribution in [0.1, 0.15) is 23.5 Å². The van der Waals surface area contributed by atoms with E-state index in [2.05, 4.69) is 5.32 Å². The second kappa shape index (κ2) is 3.27. The van der Waals surface area contributed by atoms with Gasteiger partial charge in [0.1, 0.15) is 0 Å². The fourth-order valence-electron chi connectivity index (χ4n) is 2.94. The van der Waals surface area contributed by atoms with Gasteiger partial charge in [-0.25, -0.2) is 8.78 Å². The van der Waals surface area contributed by atoms with Crippen LogP contribution < -0.4 is 5.32 Å². The van der Waals surface area contributed by atoms with E-state index in [9.17, 15) is 8.78 Å². The highest BCUT2D eigenvalue weighted by atomic mass is 19.2. The number of rotatable bonds is 0. The Kier molecular flexibility index (Phi) is 2.02. The van der Waals surface area contributed by atoms with Gasteiger partial charge in [0.2, 0.25) is 0 Å². The fourth-order valence-corrected chi connectivity index (χ4v) is 2.94. The smallest absolute Gasteiger partial charge is 0.162 e. The van der Waals surface area contributed by atoms with Gasteiger partial charge in [-0.05, 0) is 48.4 Å². The van der Waals surface area contributed by atoms with E-state index in [-0.39, 0.29) is 5.92 Å². The minimum Gasteiger partial charge on any atom is -0.316 e. The monoisotopic (exact) mass is 209 g/mol. The molecule has 2 bridgehead atoms. The molecule has 1 fully saturated rings. The highest BCUT2D eigenvalue weighted by Gasteiger charge is 2.33. The quantitative estimate of drug-likeness (QED) is 0.690. The molecule has 1 nitrogen and oxygen atoms in total. The topological polar surface area (TPSA) is 12.0 Å². The van der Waals surface area contributed by atoms with Gasteiger partial charge in [-0.1, -0.05) is 6.07 Å². The van der Waals surface area contributed by atoms with Crippen LogP contribution in [0.3, 0.4) is 0 Å². The first kappa shape index (κ1) is 9.28. The van der Waals surface area contributed by atoms with Crippen LogP contribution >= 0.6 is 0 Å². The Balaban J connectivity index is 2.13. The molecule has 2 aliphatic rings. The van der Waals surface area contributed by atoms with Crippen LogP contribution in [0.2, 0.25) is 0 Å². The van der Waals surface area contributed by atoms with Gasteiger partial charge in [-0.15, -0.1) is 0 Å². The maximum absolute atomic E-state index is 13.7. The summed E-state index contributed by atoms with van der Waals surface area (Å²) in [6, 6.07) is 3.00. The summed E-state index contributed by atoms with van der Waals surface area (Å²) >= 11 is 0. The molecule has 15 heavy (non-hydrogen) atoms. The Hall–Kier alpha value is -0.960. The predicted molar refractivity (Wildman–Crippen MR) is 53.8 cm³/mol. The van der Waals surface area contributed by atoms with Crippen LogP contribution in [-0.2, 0) is 6.42 Å². The normalized spacial score (nSPS) is 28.7. The lowest BCUT2D eigenvalue weighted by Gasteiger charge is -2.36. The van der Waals surface area contributed by atoms with Crippen LogP contribution in [-0.4, -0.2) is 13.1 Å². The lowest BCUT2D eigenvalue weighted by atomic mass is 9.74. The van der Waals surface area contributed by atoms with Crippen molar-refractivity contribution in [1.82, 2.24) is 5.32 Å². The van der Waals surface area contributed by atoms with E-state index in [1.807, 2.05) is 0 Å². The molecule has 3 rings (SSSR count). The first-order chi connectivity index (χ1) is 7.25. The summed E-state index contributed by atoms with van der Waals surface area (Å²) in [5.41, 5.74) is 1.63. The van der Waals surface area contributed by atoms with Gasteiger partial charge >= 0.3 is 0 Å². The molecule has 0 spiro atoms. The van der Waals surface area contributed by atoms with E-state index in [0.29, 0.717) is 11.5 Å². The number of fused-ring (bicyclic) bond motifs is 4. The van der Waals surface area contributed by atoms with Crippen molar-refractivity contribution in [3.05, 3.63) is 34.9 Å². The van der Waals surface area contributed by atoms with E-state index >= 15 is 0 Å². The first-order valence-corrected chi connectivity index (χ1v) is 5.43. The molecule has 1 N–H and O–H groups in total. The third-order valence-corrected chi connectivity index (χ3v) is 3.58. The molecule has 0 radical (unpaired) electrons. The molecule has 2 unspecified atom stereocenters. The third-order valence-electron chi connectivity index (χ3n) is 3.58. The number of piperidine rings is 1. The average Bonchev–Trinajstić information content (AvgIpc) is 2.24. The molecule has 1 heterocycles. The Labute approximate surface area is 87.5 Å². The SMILES string of the molecule is Fc1ccc2c(c1F)C1CNCC(C2)C1. The van der Waals surface area contributed by atoms with Gasteiger partial charge in [-0.3, -0.25) is 0 Å². The van der Waals surface area contributed by atoms with Gasteiger partial charge < -0.3 is 5.32 Å². The van der Waals surface area contributed by atoms with Gasteiger partial charge in [0.25, 0.3) is 0 Å². The minimum atomic E-state index is -0.710. The van der Waals surface area contributed by atoms with Crippen molar-refractivity contribution in [2.24, 2.45) is 5.92 Å². The van der Waals surface area contributed by atoms with E-state index in [4.69, 9.17) is 0 Å². The summed E-state index contributed by atoms with van der Waals surface area (Å²) in [7, 11) is 0. The van der Waals surface area contributed by atoms with Crippen molar-refractivity contribution in [1.29, 1.82) is 0 Å². The van der Waals surface area contributed by atoms with Gasteiger partial charge in [0, 0.05) is 6.54 Å². The molecule has 1 aliphatic carbocycles. The van der Waals surface area contributed by atoms with Gasteiger partial charge in [0.15, 0.2) is 11.6 Å². The van der Waals surface area contributed by atoms with Gasteiger partial charge in [0.05, 0.1) is 0 Å². The van der Waals surface area contributed by atoms with Crippen molar-refractivity contribution >= 4 is 0 Å². The van der Waals surface area contributed by atoms with Crippen LogP contribution in [0.4, 0.5) is 8.78 Å². The Morgan fingerprint density at radius 2 is 2.07 bits per heavy atom.